The van der Waals surface area contributed by atoms with Crippen LogP contribution in [-0.4, -0.2) is 16.1 Å². The van der Waals surface area contributed by atoms with Crippen molar-refractivity contribution < 1.29 is 9.90 Å². The van der Waals surface area contributed by atoms with E-state index in [1.54, 1.807) is 11.3 Å². The van der Waals surface area contributed by atoms with E-state index in [4.69, 9.17) is 10.8 Å². The van der Waals surface area contributed by atoms with Gasteiger partial charge in [-0.15, -0.1) is 11.3 Å². The number of hydrogen-bond acceptors (Lipinski definition) is 4. The maximum Gasteiger partial charge on any atom is 0.303 e. The molecule has 0 saturated heterocycles. The van der Waals surface area contributed by atoms with Crippen molar-refractivity contribution >= 4 is 27.5 Å². The number of benzene rings is 1. The third-order valence-corrected chi connectivity index (χ3v) is 4.36. The van der Waals surface area contributed by atoms with Crippen LogP contribution in [0.15, 0.2) is 18.2 Å². The molecule has 1 atom stereocenters. The summed E-state index contributed by atoms with van der Waals surface area (Å²) in [5.41, 5.74) is 7.92. The van der Waals surface area contributed by atoms with E-state index >= 15 is 0 Å². The molecule has 102 valence electrons. The highest BCUT2D eigenvalue weighted by Gasteiger charge is 2.12. The summed E-state index contributed by atoms with van der Waals surface area (Å²) in [4.78, 5) is 15.2. The minimum absolute atomic E-state index is 0.0908. The summed E-state index contributed by atoms with van der Waals surface area (Å²) in [6, 6.07) is 5.72. The first-order chi connectivity index (χ1) is 8.97. The van der Waals surface area contributed by atoms with Gasteiger partial charge in [0.15, 0.2) is 0 Å². The molecule has 19 heavy (non-hydrogen) atoms. The van der Waals surface area contributed by atoms with E-state index < -0.39 is 5.97 Å². The number of hydrogen-bond donors (Lipinski definition) is 2. The molecule has 0 fully saturated rings. The summed E-state index contributed by atoms with van der Waals surface area (Å²) in [5, 5.41) is 9.80. The molecular weight excluding hydrogens is 260 g/mol. The molecule has 0 spiro atoms. The van der Waals surface area contributed by atoms with Crippen LogP contribution in [0, 0.1) is 0 Å². The molecule has 0 amide bonds. The Balaban J connectivity index is 2.23. The van der Waals surface area contributed by atoms with Crippen LogP contribution in [0.4, 0.5) is 0 Å². The molecule has 1 aromatic heterocycles. The Morgan fingerprint density at radius 1 is 1.47 bits per heavy atom. The molecule has 1 aromatic carbocycles. The number of rotatable bonds is 5. The lowest BCUT2D eigenvalue weighted by Gasteiger charge is -2.10. The summed E-state index contributed by atoms with van der Waals surface area (Å²) in [7, 11) is 0. The van der Waals surface area contributed by atoms with Gasteiger partial charge in [0, 0.05) is 18.4 Å². The number of fused-ring (bicyclic) bond motifs is 1. The number of carboxylic acid groups (broad SMARTS) is 1. The van der Waals surface area contributed by atoms with E-state index in [0.29, 0.717) is 12.3 Å². The highest BCUT2D eigenvalue weighted by molar-refractivity contribution is 7.18. The molecule has 1 unspecified atom stereocenters. The molecule has 0 radical (unpaired) electrons. The zero-order chi connectivity index (χ0) is 14.0. The van der Waals surface area contributed by atoms with E-state index in [1.165, 1.54) is 0 Å². The molecule has 2 aromatic rings. The van der Waals surface area contributed by atoms with Crippen LogP contribution in [0.25, 0.3) is 10.2 Å². The second-order valence-corrected chi connectivity index (χ2v) is 6.04. The summed E-state index contributed by atoms with van der Waals surface area (Å²) in [6.45, 7) is 4.24. The number of nitrogens with zero attached hydrogens (tertiary/aromatic N) is 1. The van der Waals surface area contributed by atoms with Gasteiger partial charge in [0.2, 0.25) is 0 Å². The summed E-state index contributed by atoms with van der Waals surface area (Å²) < 4.78 is 1.15. The van der Waals surface area contributed by atoms with E-state index in [2.05, 4.69) is 18.8 Å². The van der Waals surface area contributed by atoms with Gasteiger partial charge in [-0.05, 0) is 24.1 Å². The summed E-state index contributed by atoms with van der Waals surface area (Å²) >= 11 is 1.70. The predicted molar refractivity (Wildman–Crippen MR) is 77.5 cm³/mol. The highest BCUT2D eigenvalue weighted by Crippen LogP contribution is 2.29. The number of carbonyl (C=O) groups is 1. The second-order valence-electron chi connectivity index (χ2n) is 4.97. The maximum atomic E-state index is 10.6. The van der Waals surface area contributed by atoms with Gasteiger partial charge in [-0.3, -0.25) is 4.79 Å². The van der Waals surface area contributed by atoms with E-state index in [9.17, 15) is 4.79 Å². The first kappa shape index (κ1) is 14.0. The number of aromatic nitrogens is 1. The smallest absolute Gasteiger partial charge is 0.303 e. The van der Waals surface area contributed by atoms with Gasteiger partial charge in [-0.1, -0.05) is 19.9 Å². The van der Waals surface area contributed by atoms with Crippen molar-refractivity contribution in [2.24, 2.45) is 5.73 Å². The van der Waals surface area contributed by atoms with Gasteiger partial charge >= 0.3 is 5.97 Å². The first-order valence-corrected chi connectivity index (χ1v) is 7.16. The fourth-order valence-electron chi connectivity index (χ4n) is 1.89. The molecule has 3 N–H and O–H groups in total. The molecule has 4 nitrogen and oxygen atoms in total. The Bertz CT molecular complexity index is 592. The molecule has 2 rings (SSSR count). The number of aliphatic carboxylic acids is 1. The minimum atomic E-state index is -0.813. The third-order valence-electron chi connectivity index (χ3n) is 3.02. The molecule has 0 aliphatic heterocycles. The fraction of sp³-hybridized carbons (Fsp3) is 0.429. The predicted octanol–water partition coefficient (Wildman–Crippen LogP) is 3.28. The fourth-order valence-corrected chi connectivity index (χ4v) is 2.84. The number of thiazole rings is 1. The molecule has 1 heterocycles. The number of carboxylic acids is 1. The molecule has 0 aliphatic carbocycles. The lowest BCUT2D eigenvalue weighted by Crippen LogP contribution is -2.12. The van der Waals surface area contributed by atoms with E-state index in [0.717, 1.165) is 20.8 Å². The third kappa shape index (κ3) is 3.30. The van der Waals surface area contributed by atoms with Crippen LogP contribution in [0.2, 0.25) is 0 Å². The zero-order valence-corrected chi connectivity index (χ0v) is 11.9. The van der Waals surface area contributed by atoms with Crippen LogP contribution in [0.3, 0.4) is 0 Å². The topological polar surface area (TPSA) is 76.2 Å². The second kappa shape index (κ2) is 5.67. The van der Waals surface area contributed by atoms with Crippen molar-refractivity contribution in [1.82, 2.24) is 4.98 Å². The molecule has 0 bridgehead atoms. The Labute approximate surface area is 116 Å². The normalized spacial score (nSPS) is 13.1. The highest BCUT2D eigenvalue weighted by atomic mass is 32.1. The average Bonchev–Trinajstić information content (AvgIpc) is 2.78. The van der Waals surface area contributed by atoms with E-state index in [1.807, 2.05) is 18.2 Å². The van der Waals surface area contributed by atoms with Crippen molar-refractivity contribution in [3.8, 4) is 0 Å². The van der Waals surface area contributed by atoms with Gasteiger partial charge in [-0.2, -0.15) is 0 Å². The van der Waals surface area contributed by atoms with Gasteiger partial charge in [-0.25, -0.2) is 4.98 Å². The molecule has 0 aliphatic rings. The Morgan fingerprint density at radius 3 is 2.84 bits per heavy atom. The average molecular weight is 278 g/mol. The minimum Gasteiger partial charge on any atom is -0.481 e. The quantitative estimate of drug-likeness (QED) is 0.880. The van der Waals surface area contributed by atoms with Gasteiger partial charge < -0.3 is 10.8 Å². The van der Waals surface area contributed by atoms with Crippen LogP contribution in [0.1, 0.15) is 49.2 Å². The number of nitrogens with two attached hydrogens (primary N) is 1. The Kier molecular flexibility index (Phi) is 4.17. The summed E-state index contributed by atoms with van der Waals surface area (Å²) in [6.07, 6.45) is 0.537. The summed E-state index contributed by atoms with van der Waals surface area (Å²) in [5.74, 6) is -0.395. The van der Waals surface area contributed by atoms with Gasteiger partial charge in [0.1, 0.15) is 0 Å². The standard InChI is InChI=1S/C14H18N2O2S/c1-8(2)14-16-11-7-9(3-5-12(11)19-14)10(15)4-6-13(17)18/h3,5,7-8,10H,4,6,15H2,1-2H3,(H,17,18). The SMILES string of the molecule is CC(C)c1nc2cc(C(N)CCC(=O)O)ccc2s1. The van der Waals surface area contributed by atoms with E-state index in [-0.39, 0.29) is 12.5 Å². The first-order valence-electron chi connectivity index (χ1n) is 6.35. The zero-order valence-electron chi connectivity index (χ0n) is 11.1. The van der Waals surface area contributed by atoms with Crippen LogP contribution >= 0.6 is 11.3 Å². The van der Waals surface area contributed by atoms with Crippen LogP contribution < -0.4 is 5.73 Å². The maximum absolute atomic E-state index is 10.6. The van der Waals surface area contributed by atoms with Gasteiger partial charge in [0.25, 0.3) is 0 Å². The van der Waals surface area contributed by atoms with Crippen molar-refractivity contribution in [3.05, 3.63) is 28.8 Å². The molecular formula is C14H18N2O2S. The molecule has 5 heteroatoms. The van der Waals surface area contributed by atoms with Gasteiger partial charge in [0.05, 0.1) is 15.2 Å². The van der Waals surface area contributed by atoms with Crippen LogP contribution in [-0.2, 0) is 4.79 Å². The van der Waals surface area contributed by atoms with Crippen molar-refractivity contribution in [1.29, 1.82) is 0 Å². The Hall–Kier alpha value is -1.46. The Morgan fingerprint density at radius 2 is 2.21 bits per heavy atom. The molecule has 0 saturated carbocycles. The van der Waals surface area contributed by atoms with Crippen molar-refractivity contribution in [2.75, 3.05) is 0 Å². The largest absolute Gasteiger partial charge is 0.481 e. The van der Waals surface area contributed by atoms with Crippen molar-refractivity contribution in [3.63, 3.8) is 0 Å². The van der Waals surface area contributed by atoms with Crippen LogP contribution in [0.5, 0.6) is 0 Å². The van der Waals surface area contributed by atoms with Crippen molar-refractivity contribution in [2.45, 2.75) is 38.6 Å². The lowest BCUT2D eigenvalue weighted by molar-refractivity contribution is -0.137. The monoisotopic (exact) mass is 278 g/mol. The lowest BCUT2D eigenvalue weighted by atomic mass is 10.0.